The average molecular weight is 347 g/mol. The lowest BCUT2D eigenvalue weighted by atomic mass is 9.96. The molecule has 0 spiro atoms. The van der Waals surface area contributed by atoms with Crippen molar-refractivity contribution in [3.63, 3.8) is 0 Å². The maximum absolute atomic E-state index is 12.4. The Morgan fingerprint density at radius 2 is 1.96 bits per heavy atom. The first kappa shape index (κ1) is 15.8. The molecule has 1 saturated heterocycles. The number of carbonyl (C=O) groups excluding carboxylic acids is 1. The lowest BCUT2D eigenvalue weighted by molar-refractivity contribution is 0.177. The van der Waals surface area contributed by atoms with Gasteiger partial charge in [0.05, 0.1) is 11.0 Å². The number of aromatic amines is 1. The number of imidazole rings is 1. The smallest absolute Gasteiger partial charge is 0.317 e. The molecule has 0 bridgehead atoms. The first-order valence-electron chi connectivity index (χ1n) is 8.89. The van der Waals surface area contributed by atoms with Gasteiger partial charge in [-0.3, -0.25) is 0 Å². The largest absolute Gasteiger partial charge is 0.342 e. The summed E-state index contributed by atoms with van der Waals surface area (Å²) in [6.07, 6.45) is 6.64. The van der Waals surface area contributed by atoms with E-state index in [1.165, 1.54) is 12.8 Å². The van der Waals surface area contributed by atoms with Gasteiger partial charge in [-0.25, -0.2) is 9.78 Å². The Balaban J connectivity index is 1.37. The van der Waals surface area contributed by atoms with Gasteiger partial charge in [0.1, 0.15) is 5.82 Å². The van der Waals surface area contributed by atoms with E-state index in [0.717, 1.165) is 60.7 Å². The first-order chi connectivity index (χ1) is 11.7. The summed E-state index contributed by atoms with van der Waals surface area (Å²) < 4.78 is 0. The molecule has 2 heterocycles. The minimum Gasteiger partial charge on any atom is -0.342 e. The number of halogens is 1. The zero-order chi connectivity index (χ0) is 16.5. The van der Waals surface area contributed by atoms with Gasteiger partial charge in [0.2, 0.25) is 0 Å². The van der Waals surface area contributed by atoms with Crippen molar-refractivity contribution in [3.05, 3.63) is 29.0 Å². The number of nitrogens with zero attached hydrogens (tertiary/aromatic N) is 2. The van der Waals surface area contributed by atoms with Gasteiger partial charge < -0.3 is 15.2 Å². The summed E-state index contributed by atoms with van der Waals surface area (Å²) in [7, 11) is 0. The van der Waals surface area contributed by atoms with E-state index >= 15 is 0 Å². The highest BCUT2D eigenvalue weighted by Crippen LogP contribution is 2.28. The van der Waals surface area contributed by atoms with Crippen LogP contribution in [0.25, 0.3) is 11.0 Å². The van der Waals surface area contributed by atoms with E-state index in [2.05, 4.69) is 10.3 Å². The highest BCUT2D eigenvalue weighted by Gasteiger charge is 2.27. The molecule has 4 rings (SSSR count). The number of benzene rings is 1. The molecule has 1 aliphatic carbocycles. The number of likely N-dealkylation sites (tertiary alicyclic amines) is 1. The van der Waals surface area contributed by atoms with E-state index in [1.54, 1.807) is 0 Å². The van der Waals surface area contributed by atoms with Crippen LogP contribution in [-0.4, -0.2) is 40.0 Å². The summed E-state index contributed by atoms with van der Waals surface area (Å²) in [6.45, 7) is 1.59. The molecule has 1 aromatic carbocycles. The third-order valence-corrected chi connectivity index (χ3v) is 5.55. The number of urea groups is 1. The van der Waals surface area contributed by atoms with Crippen molar-refractivity contribution < 1.29 is 4.79 Å². The van der Waals surface area contributed by atoms with Crippen molar-refractivity contribution in [2.45, 2.75) is 50.5 Å². The topological polar surface area (TPSA) is 61.0 Å². The van der Waals surface area contributed by atoms with Crippen LogP contribution in [0.5, 0.6) is 0 Å². The van der Waals surface area contributed by atoms with E-state index in [-0.39, 0.29) is 6.03 Å². The molecule has 1 saturated carbocycles. The minimum absolute atomic E-state index is 0.108. The molecule has 5 nitrogen and oxygen atoms in total. The van der Waals surface area contributed by atoms with Crippen LogP contribution in [0.3, 0.4) is 0 Å². The van der Waals surface area contributed by atoms with Crippen molar-refractivity contribution in [2.24, 2.45) is 0 Å². The minimum atomic E-state index is 0.108. The van der Waals surface area contributed by atoms with E-state index in [9.17, 15) is 4.79 Å². The lowest BCUT2D eigenvalue weighted by Crippen LogP contribution is -2.47. The molecule has 1 aliphatic heterocycles. The SMILES string of the molecule is O=C(NC1CCCC1)N1CCC(c2nc3ccc(Cl)cc3[nH]2)CC1. The molecular formula is C18H23ClN4O. The number of carbonyl (C=O) groups is 1. The van der Waals surface area contributed by atoms with Gasteiger partial charge in [0, 0.05) is 30.1 Å². The fourth-order valence-electron chi connectivity index (χ4n) is 3.89. The van der Waals surface area contributed by atoms with Crippen molar-refractivity contribution in [1.29, 1.82) is 0 Å². The van der Waals surface area contributed by atoms with E-state index < -0.39 is 0 Å². The summed E-state index contributed by atoms with van der Waals surface area (Å²) in [5.74, 6) is 1.40. The standard InChI is InChI=1S/C18H23ClN4O/c19-13-5-6-15-16(11-13)22-17(21-15)12-7-9-23(10-8-12)18(24)20-14-3-1-2-4-14/h5-6,11-12,14H,1-4,7-10H2,(H,20,24)(H,21,22). The van der Waals surface area contributed by atoms with Crippen LogP contribution in [0.2, 0.25) is 5.02 Å². The zero-order valence-corrected chi connectivity index (χ0v) is 14.5. The quantitative estimate of drug-likeness (QED) is 0.861. The Morgan fingerprint density at radius 3 is 2.71 bits per heavy atom. The maximum atomic E-state index is 12.4. The number of H-pyrrole nitrogens is 1. The number of amides is 2. The molecule has 0 unspecified atom stereocenters. The molecular weight excluding hydrogens is 324 g/mol. The number of aromatic nitrogens is 2. The van der Waals surface area contributed by atoms with Gasteiger partial charge >= 0.3 is 6.03 Å². The van der Waals surface area contributed by atoms with Crippen LogP contribution in [0, 0.1) is 0 Å². The molecule has 2 amide bonds. The van der Waals surface area contributed by atoms with Crippen LogP contribution in [0.4, 0.5) is 4.79 Å². The summed E-state index contributed by atoms with van der Waals surface area (Å²) in [6, 6.07) is 6.22. The second kappa shape index (κ2) is 6.63. The molecule has 2 N–H and O–H groups in total. The predicted octanol–water partition coefficient (Wildman–Crippen LogP) is 4.05. The van der Waals surface area contributed by atoms with Crippen LogP contribution in [0.15, 0.2) is 18.2 Å². The van der Waals surface area contributed by atoms with E-state index in [1.807, 2.05) is 23.1 Å². The van der Waals surface area contributed by atoms with Gasteiger partial charge in [-0.15, -0.1) is 0 Å². The van der Waals surface area contributed by atoms with Crippen LogP contribution < -0.4 is 5.32 Å². The van der Waals surface area contributed by atoms with Gasteiger partial charge in [-0.05, 0) is 43.9 Å². The second-order valence-corrected chi connectivity index (χ2v) is 7.41. The second-order valence-electron chi connectivity index (χ2n) is 6.98. The Hall–Kier alpha value is -1.75. The molecule has 24 heavy (non-hydrogen) atoms. The zero-order valence-electron chi connectivity index (χ0n) is 13.7. The lowest BCUT2D eigenvalue weighted by Gasteiger charge is -2.32. The Labute approximate surface area is 146 Å². The molecule has 2 aromatic rings. The van der Waals surface area contributed by atoms with Crippen molar-refractivity contribution >= 4 is 28.7 Å². The van der Waals surface area contributed by atoms with Gasteiger partial charge in [0.15, 0.2) is 0 Å². The third kappa shape index (κ3) is 3.22. The summed E-state index contributed by atoms with van der Waals surface area (Å²) in [4.78, 5) is 22.4. The highest BCUT2D eigenvalue weighted by molar-refractivity contribution is 6.31. The summed E-state index contributed by atoms with van der Waals surface area (Å²) in [5, 5.41) is 3.90. The van der Waals surface area contributed by atoms with Crippen LogP contribution >= 0.6 is 11.6 Å². The van der Waals surface area contributed by atoms with Crippen molar-refractivity contribution in [2.75, 3.05) is 13.1 Å². The molecule has 2 aliphatic rings. The number of nitrogens with one attached hydrogen (secondary N) is 2. The summed E-state index contributed by atoms with van der Waals surface area (Å²) in [5.41, 5.74) is 1.94. The maximum Gasteiger partial charge on any atom is 0.317 e. The average Bonchev–Trinajstić information content (AvgIpc) is 3.24. The number of piperidine rings is 1. The molecule has 128 valence electrons. The first-order valence-corrected chi connectivity index (χ1v) is 9.27. The number of hydrogen-bond donors (Lipinski definition) is 2. The number of rotatable bonds is 2. The normalized spacial score (nSPS) is 20.0. The Bertz CT molecular complexity index is 730. The number of hydrogen-bond acceptors (Lipinski definition) is 2. The molecule has 2 fully saturated rings. The monoisotopic (exact) mass is 346 g/mol. The van der Waals surface area contributed by atoms with Gasteiger partial charge in [-0.1, -0.05) is 24.4 Å². The molecule has 6 heteroatoms. The molecule has 0 radical (unpaired) electrons. The number of fused-ring (bicyclic) bond motifs is 1. The summed E-state index contributed by atoms with van der Waals surface area (Å²) >= 11 is 6.04. The Kier molecular flexibility index (Phi) is 4.35. The Morgan fingerprint density at radius 1 is 1.21 bits per heavy atom. The van der Waals surface area contributed by atoms with Gasteiger partial charge in [-0.2, -0.15) is 0 Å². The third-order valence-electron chi connectivity index (χ3n) is 5.31. The van der Waals surface area contributed by atoms with Crippen molar-refractivity contribution in [3.8, 4) is 0 Å². The van der Waals surface area contributed by atoms with Crippen LogP contribution in [0.1, 0.15) is 50.3 Å². The fourth-order valence-corrected chi connectivity index (χ4v) is 4.06. The molecule has 1 aromatic heterocycles. The highest BCUT2D eigenvalue weighted by atomic mass is 35.5. The van der Waals surface area contributed by atoms with E-state index in [0.29, 0.717) is 12.0 Å². The van der Waals surface area contributed by atoms with Crippen molar-refractivity contribution in [1.82, 2.24) is 20.2 Å². The van der Waals surface area contributed by atoms with E-state index in [4.69, 9.17) is 16.6 Å². The van der Waals surface area contributed by atoms with Gasteiger partial charge in [0.25, 0.3) is 0 Å². The van der Waals surface area contributed by atoms with Crippen LogP contribution in [-0.2, 0) is 0 Å². The predicted molar refractivity (Wildman–Crippen MR) is 95.4 cm³/mol. The fraction of sp³-hybridized carbons (Fsp3) is 0.556. The molecule has 0 atom stereocenters.